The van der Waals surface area contributed by atoms with E-state index in [-0.39, 0.29) is 0 Å². The van der Waals surface area contributed by atoms with Crippen molar-refractivity contribution in [2.45, 2.75) is 6.42 Å². The molecule has 0 amide bonds. The van der Waals surface area contributed by atoms with Crippen LogP contribution in [0, 0.1) is 6.54 Å². The van der Waals surface area contributed by atoms with Gasteiger partial charge in [0.25, 0.3) is 0 Å². The van der Waals surface area contributed by atoms with Crippen LogP contribution in [0.3, 0.4) is 0 Å². The molecule has 46 valence electrons. The largest absolute Gasteiger partial charge is 0.302 e. The predicted octanol–water partition coefficient (Wildman–Crippen LogP) is 0.676. The topological polar surface area (TPSA) is 24.9 Å². The Balaban J connectivity index is 2.39. The first-order valence-electron chi connectivity index (χ1n) is 2.88. The van der Waals surface area contributed by atoms with Gasteiger partial charge in [-0.1, -0.05) is 0 Å². The quantitative estimate of drug-likeness (QED) is 0.570. The molecule has 2 heterocycles. The molecule has 0 unspecified atom stereocenters. The average molecular weight is 138 g/mol. The maximum Gasteiger partial charge on any atom is 0.115 e. The molecule has 1 aromatic heterocycles. The van der Waals surface area contributed by atoms with E-state index in [1.54, 1.807) is 11.3 Å². The molecule has 0 bridgehead atoms. The van der Waals surface area contributed by atoms with E-state index < -0.39 is 0 Å². The Morgan fingerprint density at radius 3 is 3.67 bits per heavy atom. The van der Waals surface area contributed by atoms with Gasteiger partial charge in [-0.15, -0.1) is 11.3 Å². The van der Waals surface area contributed by atoms with Crippen LogP contribution >= 0.6 is 11.3 Å². The Kier molecular flexibility index (Phi) is 1.24. The predicted molar refractivity (Wildman–Crippen MR) is 36.2 cm³/mol. The highest BCUT2D eigenvalue weighted by Crippen LogP contribution is 2.16. The fourth-order valence-electron chi connectivity index (χ4n) is 0.872. The van der Waals surface area contributed by atoms with E-state index in [1.165, 1.54) is 4.88 Å². The molecule has 3 heteroatoms. The van der Waals surface area contributed by atoms with Gasteiger partial charge in [0.15, 0.2) is 0 Å². The summed E-state index contributed by atoms with van der Waals surface area (Å²) in [4.78, 5) is 5.46. The number of nitrogens with one attached hydrogen (secondary N) is 1. The third-order valence-electron chi connectivity index (χ3n) is 1.32. The van der Waals surface area contributed by atoms with Crippen molar-refractivity contribution in [1.29, 1.82) is 0 Å². The van der Waals surface area contributed by atoms with Gasteiger partial charge in [0.1, 0.15) is 6.54 Å². The van der Waals surface area contributed by atoms with Crippen LogP contribution in [0.2, 0.25) is 0 Å². The maximum absolute atomic E-state index is 4.10. The molecular weight excluding hydrogens is 132 g/mol. The van der Waals surface area contributed by atoms with Crippen molar-refractivity contribution in [2.24, 2.45) is 0 Å². The molecule has 1 aromatic rings. The van der Waals surface area contributed by atoms with Crippen molar-refractivity contribution in [3.05, 3.63) is 22.6 Å². The van der Waals surface area contributed by atoms with Gasteiger partial charge in [0, 0.05) is 11.4 Å². The molecule has 2 nitrogen and oxygen atoms in total. The molecule has 1 aliphatic heterocycles. The molecule has 2 rings (SSSR count). The highest BCUT2D eigenvalue weighted by atomic mass is 32.1. The molecular formula is C6H6N2S. The standard InChI is InChI=1S/C6H6N2S/c1-2-7-3-5-6(1)9-4-8-5/h4,7H,1-2H2. The van der Waals surface area contributed by atoms with E-state index in [0.717, 1.165) is 18.7 Å². The van der Waals surface area contributed by atoms with Gasteiger partial charge in [-0.05, 0) is 6.42 Å². The normalized spacial score (nSPS) is 17.3. The van der Waals surface area contributed by atoms with Crippen LogP contribution in [-0.2, 0) is 6.42 Å². The van der Waals surface area contributed by atoms with Crippen LogP contribution in [-0.4, -0.2) is 11.5 Å². The van der Waals surface area contributed by atoms with Crippen molar-refractivity contribution < 1.29 is 0 Å². The minimum atomic E-state index is 1.01. The lowest BCUT2D eigenvalue weighted by Gasteiger charge is -2.07. The number of hydrogen-bond acceptors (Lipinski definition) is 3. The van der Waals surface area contributed by atoms with Crippen LogP contribution in [0.4, 0.5) is 0 Å². The number of hydrogen-bond donors (Lipinski definition) is 1. The third kappa shape index (κ3) is 0.862. The second-order valence-corrected chi connectivity index (χ2v) is 2.87. The second kappa shape index (κ2) is 2.08. The van der Waals surface area contributed by atoms with E-state index in [1.807, 2.05) is 5.51 Å². The van der Waals surface area contributed by atoms with Crippen LogP contribution in [0.15, 0.2) is 5.51 Å². The molecule has 0 saturated carbocycles. The zero-order chi connectivity index (χ0) is 6.10. The molecule has 0 aliphatic carbocycles. The van der Waals surface area contributed by atoms with Crippen molar-refractivity contribution in [3.8, 4) is 0 Å². The van der Waals surface area contributed by atoms with Crippen molar-refractivity contribution >= 4 is 11.3 Å². The first-order valence-corrected chi connectivity index (χ1v) is 3.76. The Morgan fingerprint density at radius 2 is 2.78 bits per heavy atom. The van der Waals surface area contributed by atoms with Gasteiger partial charge in [-0.2, -0.15) is 0 Å². The molecule has 2 radical (unpaired) electrons. The first kappa shape index (κ1) is 5.38. The maximum atomic E-state index is 4.10. The highest BCUT2D eigenvalue weighted by Gasteiger charge is 2.10. The van der Waals surface area contributed by atoms with E-state index in [0.29, 0.717) is 0 Å². The minimum absolute atomic E-state index is 1.01. The van der Waals surface area contributed by atoms with Gasteiger partial charge >= 0.3 is 0 Å². The second-order valence-electron chi connectivity index (χ2n) is 1.93. The number of aromatic nitrogens is 1. The third-order valence-corrected chi connectivity index (χ3v) is 2.22. The van der Waals surface area contributed by atoms with Crippen molar-refractivity contribution in [2.75, 3.05) is 6.54 Å². The van der Waals surface area contributed by atoms with Crippen molar-refractivity contribution in [1.82, 2.24) is 10.3 Å². The molecule has 0 saturated heterocycles. The summed E-state index contributed by atoms with van der Waals surface area (Å²) in [5.74, 6) is 0. The lowest BCUT2D eigenvalue weighted by molar-refractivity contribution is 0.753. The number of thiazole rings is 1. The SMILES string of the molecule is [C]1NCCc2scnc21. The molecule has 0 atom stereocenters. The van der Waals surface area contributed by atoms with Crippen molar-refractivity contribution in [3.63, 3.8) is 0 Å². The van der Waals surface area contributed by atoms with E-state index >= 15 is 0 Å². The average Bonchev–Trinajstić information content (AvgIpc) is 2.33. The van der Waals surface area contributed by atoms with Gasteiger partial charge in [-0.25, -0.2) is 4.98 Å². The Labute approximate surface area is 57.9 Å². The number of rotatable bonds is 0. The minimum Gasteiger partial charge on any atom is -0.302 e. The number of nitrogens with zero attached hydrogens (tertiary/aromatic N) is 1. The van der Waals surface area contributed by atoms with Gasteiger partial charge in [-0.3, -0.25) is 0 Å². The lowest BCUT2D eigenvalue weighted by atomic mass is 10.2. The van der Waals surface area contributed by atoms with Crippen LogP contribution in [0.5, 0.6) is 0 Å². The van der Waals surface area contributed by atoms with Gasteiger partial charge < -0.3 is 5.32 Å². The fraction of sp³-hybridized carbons (Fsp3) is 0.333. The smallest absolute Gasteiger partial charge is 0.115 e. The number of fused-ring (bicyclic) bond motifs is 1. The van der Waals surface area contributed by atoms with E-state index in [2.05, 4.69) is 16.8 Å². The summed E-state index contributed by atoms with van der Waals surface area (Å²) in [6.45, 7) is 4.00. The summed E-state index contributed by atoms with van der Waals surface area (Å²) < 4.78 is 0. The highest BCUT2D eigenvalue weighted by molar-refractivity contribution is 7.09. The molecule has 9 heavy (non-hydrogen) atoms. The summed E-state index contributed by atoms with van der Waals surface area (Å²) in [7, 11) is 0. The Bertz CT molecular complexity index is 186. The van der Waals surface area contributed by atoms with Crippen LogP contribution in [0.1, 0.15) is 10.6 Å². The van der Waals surface area contributed by atoms with Crippen LogP contribution in [0.25, 0.3) is 0 Å². The molecule has 1 N–H and O–H groups in total. The van der Waals surface area contributed by atoms with Gasteiger partial charge in [0.2, 0.25) is 0 Å². The van der Waals surface area contributed by atoms with E-state index in [4.69, 9.17) is 0 Å². The van der Waals surface area contributed by atoms with Crippen LogP contribution < -0.4 is 5.32 Å². The zero-order valence-electron chi connectivity index (χ0n) is 4.85. The van der Waals surface area contributed by atoms with Gasteiger partial charge in [0.05, 0.1) is 11.2 Å². The molecule has 0 fully saturated rings. The Morgan fingerprint density at radius 1 is 1.78 bits per heavy atom. The monoisotopic (exact) mass is 138 g/mol. The lowest BCUT2D eigenvalue weighted by Crippen LogP contribution is -2.20. The molecule has 1 aliphatic rings. The summed E-state index contributed by atoms with van der Waals surface area (Å²) in [5, 5.41) is 3.02. The zero-order valence-corrected chi connectivity index (χ0v) is 5.66. The first-order chi connectivity index (χ1) is 4.47. The Hall–Kier alpha value is -0.410. The summed E-state index contributed by atoms with van der Waals surface area (Å²) in [6.07, 6.45) is 1.10. The summed E-state index contributed by atoms with van der Waals surface area (Å²) in [6, 6.07) is 0. The molecule has 0 spiro atoms. The summed E-state index contributed by atoms with van der Waals surface area (Å²) in [5.41, 5.74) is 2.87. The van der Waals surface area contributed by atoms with E-state index in [9.17, 15) is 0 Å². The molecule has 0 aromatic carbocycles. The fourth-order valence-corrected chi connectivity index (χ4v) is 1.59. The summed E-state index contributed by atoms with van der Waals surface area (Å²) >= 11 is 1.71.